The Morgan fingerprint density at radius 3 is 2.48 bits per heavy atom. The lowest BCUT2D eigenvalue weighted by Gasteiger charge is -2.30. The maximum atomic E-state index is 13.4. The summed E-state index contributed by atoms with van der Waals surface area (Å²) in [4.78, 5) is 51.8. The van der Waals surface area contributed by atoms with Crippen LogP contribution in [0.2, 0.25) is 0 Å². The van der Waals surface area contributed by atoms with Gasteiger partial charge in [-0.1, -0.05) is 12.1 Å². The number of amides is 2. The lowest BCUT2D eigenvalue weighted by molar-refractivity contribution is -0.137. The third kappa shape index (κ3) is 5.01. The molecule has 0 fully saturated rings. The maximum absolute atomic E-state index is 13.4. The summed E-state index contributed by atoms with van der Waals surface area (Å²) in [5.74, 6) is -0.0787. The van der Waals surface area contributed by atoms with Crippen LogP contribution in [0.15, 0.2) is 47.3 Å². The number of anilines is 2. The Labute approximate surface area is 228 Å². The number of aromatic nitrogens is 2. The van der Waals surface area contributed by atoms with Gasteiger partial charge < -0.3 is 20.0 Å². The number of fused-ring (bicyclic) bond motifs is 2. The minimum absolute atomic E-state index is 0.0312. The molecule has 2 aromatic carbocycles. The summed E-state index contributed by atoms with van der Waals surface area (Å²) in [6.07, 6.45) is -3.15. The van der Waals surface area contributed by atoms with Gasteiger partial charge >= 0.3 is 6.18 Å². The van der Waals surface area contributed by atoms with Crippen molar-refractivity contribution < 1.29 is 27.6 Å². The topological polar surface area (TPSA) is 96.8 Å². The number of carbonyl (C=O) groups excluding carboxylic acids is 2. The van der Waals surface area contributed by atoms with Crippen molar-refractivity contribution in [3.63, 3.8) is 0 Å². The fourth-order valence-corrected chi connectivity index (χ4v) is 5.10. The quantitative estimate of drug-likeness (QED) is 0.517. The average Bonchev–Trinajstić information content (AvgIpc) is 2.94. The molecule has 5 rings (SSSR count). The number of nitrogens with one attached hydrogen (secondary N) is 1. The van der Waals surface area contributed by atoms with E-state index in [0.717, 1.165) is 28.1 Å². The van der Waals surface area contributed by atoms with E-state index in [2.05, 4.69) is 10.3 Å². The molecule has 3 aromatic rings. The second-order valence-electron chi connectivity index (χ2n) is 9.90. The normalized spacial score (nSPS) is 15.8. The van der Waals surface area contributed by atoms with Crippen molar-refractivity contribution in [3.05, 3.63) is 86.3 Å². The molecular formula is C28H28F3N5O4. The largest absolute Gasteiger partial charge is 0.416 e. The number of nitrogens with zero attached hydrogens (tertiary/aromatic N) is 4. The van der Waals surface area contributed by atoms with Gasteiger partial charge in [0, 0.05) is 37.7 Å². The number of aryl methyl sites for hydroxylation is 1. The van der Waals surface area contributed by atoms with Crippen LogP contribution in [0.4, 0.5) is 24.8 Å². The van der Waals surface area contributed by atoms with Crippen LogP contribution in [-0.4, -0.2) is 47.1 Å². The van der Waals surface area contributed by atoms with Gasteiger partial charge in [-0.2, -0.15) is 13.2 Å². The summed E-state index contributed by atoms with van der Waals surface area (Å²) in [5.41, 5.74) is 2.39. The van der Waals surface area contributed by atoms with Gasteiger partial charge in [-0.25, -0.2) is 4.98 Å². The van der Waals surface area contributed by atoms with Crippen LogP contribution >= 0.6 is 0 Å². The molecule has 1 aromatic heterocycles. The number of halogens is 3. The zero-order chi connectivity index (χ0) is 28.8. The van der Waals surface area contributed by atoms with E-state index in [1.165, 1.54) is 19.2 Å². The van der Waals surface area contributed by atoms with Gasteiger partial charge in [0.2, 0.25) is 11.9 Å². The fourth-order valence-electron chi connectivity index (χ4n) is 5.10. The van der Waals surface area contributed by atoms with Gasteiger partial charge in [0.15, 0.2) is 0 Å². The third-order valence-electron chi connectivity index (χ3n) is 7.42. The third-order valence-corrected chi connectivity index (χ3v) is 7.42. The van der Waals surface area contributed by atoms with Crippen LogP contribution in [0.5, 0.6) is 0 Å². The first-order valence-electron chi connectivity index (χ1n) is 12.8. The van der Waals surface area contributed by atoms with Crippen molar-refractivity contribution in [3.8, 4) is 0 Å². The molecule has 2 amide bonds. The van der Waals surface area contributed by atoms with Gasteiger partial charge in [-0.15, -0.1) is 4.73 Å². The van der Waals surface area contributed by atoms with Crippen LogP contribution in [0.25, 0.3) is 0 Å². The lowest BCUT2D eigenvalue weighted by atomic mass is 9.98. The number of benzene rings is 2. The van der Waals surface area contributed by atoms with Crippen molar-refractivity contribution in [1.82, 2.24) is 14.6 Å². The van der Waals surface area contributed by atoms with Crippen molar-refractivity contribution in [2.24, 2.45) is 0 Å². The van der Waals surface area contributed by atoms with E-state index in [4.69, 9.17) is 4.84 Å². The van der Waals surface area contributed by atoms with E-state index in [1.54, 1.807) is 42.0 Å². The summed E-state index contributed by atoms with van der Waals surface area (Å²) in [5, 5.41) is 3.06. The summed E-state index contributed by atoms with van der Waals surface area (Å²) < 4.78 is 39.7. The number of alkyl halides is 3. The minimum Gasteiger partial charge on any atom is -0.411 e. The second-order valence-corrected chi connectivity index (χ2v) is 9.90. The summed E-state index contributed by atoms with van der Waals surface area (Å²) in [6.45, 7) is 2.13. The Hall–Kier alpha value is -4.35. The highest BCUT2D eigenvalue weighted by molar-refractivity contribution is 5.99. The fraction of sp³-hybridized carbons (Fsp3) is 0.357. The molecule has 1 atom stereocenters. The molecule has 0 radical (unpaired) electrons. The van der Waals surface area contributed by atoms with E-state index in [0.29, 0.717) is 48.2 Å². The molecule has 1 N–H and O–H groups in total. The SMILES string of the molecule is COn1c(N[C@@H](C)c2ccc(C(F)(F)F)cc2)nc2c(c1=O)CN(C(=O)c1ccc3c(c1)CCC(=O)N3C)CC2. The Morgan fingerprint density at radius 1 is 1.07 bits per heavy atom. The smallest absolute Gasteiger partial charge is 0.411 e. The van der Waals surface area contributed by atoms with E-state index < -0.39 is 23.3 Å². The highest BCUT2D eigenvalue weighted by atomic mass is 19.4. The first-order chi connectivity index (χ1) is 19.0. The van der Waals surface area contributed by atoms with Crippen LogP contribution in [-0.2, 0) is 30.4 Å². The van der Waals surface area contributed by atoms with Gasteiger partial charge in [-0.3, -0.25) is 14.4 Å². The molecular weight excluding hydrogens is 527 g/mol. The molecule has 2 aliphatic heterocycles. The Morgan fingerprint density at radius 2 is 1.80 bits per heavy atom. The highest BCUT2D eigenvalue weighted by Gasteiger charge is 2.31. The zero-order valence-corrected chi connectivity index (χ0v) is 22.2. The van der Waals surface area contributed by atoms with Crippen molar-refractivity contribution >= 4 is 23.5 Å². The molecule has 210 valence electrons. The summed E-state index contributed by atoms with van der Waals surface area (Å²) in [7, 11) is 3.02. The Balaban J connectivity index is 1.36. The van der Waals surface area contributed by atoms with Crippen LogP contribution in [0, 0.1) is 0 Å². The number of carbonyl (C=O) groups is 2. The molecule has 0 saturated heterocycles. The molecule has 0 saturated carbocycles. The molecule has 12 heteroatoms. The van der Waals surface area contributed by atoms with Gasteiger partial charge in [0.05, 0.1) is 29.4 Å². The van der Waals surface area contributed by atoms with Crippen molar-refractivity contribution in [2.75, 3.05) is 30.9 Å². The zero-order valence-electron chi connectivity index (χ0n) is 22.2. The first kappa shape index (κ1) is 27.2. The predicted octanol–water partition coefficient (Wildman–Crippen LogP) is 3.60. The lowest BCUT2D eigenvalue weighted by Crippen LogP contribution is -2.42. The van der Waals surface area contributed by atoms with E-state index in [9.17, 15) is 27.6 Å². The molecule has 0 bridgehead atoms. The van der Waals surface area contributed by atoms with E-state index in [-0.39, 0.29) is 24.3 Å². The molecule has 9 nitrogen and oxygen atoms in total. The standard InChI is InChI=1S/C28H28F3N5O4/c1-16(17-4-8-20(9-5-17)28(29,30)31)32-27-33-22-12-13-35(15-21(22)26(39)36(27)40-3)25(38)19-6-10-23-18(14-19)7-11-24(37)34(23)2/h4-6,8-10,14,16H,7,11-13,15H2,1-3H3,(H,32,33)/t16-/m0/s1. The van der Waals surface area contributed by atoms with Gasteiger partial charge in [0.25, 0.3) is 11.5 Å². The summed E-state index contributed by atoms with van der Waals surface area (Å²) in [6, 6.07) is 9.53. The van der Waals surface area contributed by atoms with Crippen LogP contribution in [0.1, 0.15) is 57.7 Å². The van der Waals surface area contributed by atoms with Crippen LogP contribution in [0.3, 0.4) is 0 Å². The molecule has 3 heterocycles. The Bertz CT molecular complexity index is 1530. The van der Waals surface area contributed by atoms with Crippen molar-refractivity contribution in [2.45, 2.75) is 44.9 Å². The number of hydrogen-bond acceptors (Lipinski definition) is 6. The Kier molecular flexibility index (Phi) is 7.03. The average molecular weight is 556 g/mol. The molecule has 2 aliphatic rings. The second kappa shape index (κ2) is 10.3. The van der Waals surface area contributed by atoms with E-state index in [1.807, 2.05) is 0 Å². The predicted molar refractivity (Wildman–Crippen MR) is 141 cm³/mol. The van der Waals surface area contributed by atoms with Crippen LogP contribution < -0.4 is 20.6 Å². The maximum Gasteiger partial charge on any atom is 0.416 e. The van der Waals surface area contributed by atoms with Gasteiger partial charge in [0.1, 0.15) is 7.11 Å². The molecule has 0 unspecified atom stereocenters. The highest BCUT2D eigenvalue weighted by Crippen LogP contribution is 2.31. The van der Waals surface area contributed by atoms with Crippen molar-refractivity contribution in [1.29, 1.82) is 0 Å². The molecule has 0 spiro atoms. The first-order valence-corrected chi connectivity index (χ1v) is 12.8. The molecule has 40 heavy (non-hydrogen) atoms. The minimum atomic E-state index is -4.43. The summed E-state index contributed by atoms with van der Waals surface area (Å²) >= 11 is 0. The number of rotatable bonds is 5. The molecule has 0 aliphatic carbocycles. The number of hydrogen-bond donors (Lipinski definition) is 1. The van der Waals surface area contributed by atoms with E-state index >= 15 is 0 Å². The monoisotopic (exact) mass is 555 g/mol. The van der Waals surface area contributed by atoms with Gasteiger partial charge in [-0.05, 0) is 54.8 Å².